The standard InChI is InChI=1S/C16H18N2O5/c1-11-3-4-13(23-11)10-18(7-8-22-2)15(19)14-9-12(16(20)21)5-6-17-14/h3-6,9H,7-8,10H2,1-2H3,(H,20,21). The van der Waals surface area contributed by atoms with Gasteiger partial charge in [-0.25, -0.2) is 4.79 Å². The molecule has 0 atom stereocenters. The van der Waals surface area contributed by atoms with E-state index in [-0.39, 0.29) is 23.7 Å². The zero-order valence-electron chi connectivity index (χ0n) is 13.0. The minimum absolute atomic E-state index is 0.0175. The molecule has 0 aliphatic carbocycles. The van der Waals surface area contributed by atoms with Gasteiger partial charge in [0.15, 0.2) is 0 Å². The number of aryl methyl sites for hydroxylation is 1. The molecule has 0 radical (unpaired) electrons. The maximum atomic E-state index is 12.6. The van der Waals surface area contributed by atoms with E-state index in [0.717, 1.165) is 5.76 Å². The van der Waals surface area contributed by atoms with Gasteiger partial charge in [0.1, 0.15) is 17.2 Å². The highest BCUT2D eigenvalue weighted by Gasteiger charge is 2.20. The summed E-state index contributed by atoms with van der Waals surface area (Å²) in [6, 6.07) is 6.22. The molecule has 122 valence electrons. The van der Waals surface area contributed by atoms with E-state index >= 15 is 0 Å². The third-order valence-electron chi connectivity index (χ3n) is 3.22. The molecule has 0 aliphatic rings. The Labute approximate surface area is 133 Å². The number of hydrogen-bond donors (Lipinski definition) is 1. The van der Waals surface area contributed by atoms with Gasteiger partial charge in [0.25, 0.3) is 5.91 Å². The Balaban J connectivity index is 2.21. The highest BCUT2D eigenvalue weighted by Crippen LogP contribution is 2.13. The van der Waals surface area contributed by atoms with Crippen LogP contribution in [0.25, 0.3) is 0 Å². The number of methoxy groups -OCH3 is 1. The number of amides is 1. The van der Waals surface area contributed by atoms with Crippen LogP contribution in [0.3, 0.4) is 0 Å². The molecule has 2 aromatic rings. The van der Waals surface area contributed by atoms with Crippen molar-refractivity contribution in [3.8, 4) is 0 Å². The Hall–Kier alpha value is -2.67. The Bertz CT molecular complexity index is 695. The molecule has 0 saturated carbocycles. The molecular formula is C16H18N2O5. The topological polar surface area (TPSA) is 92.9 Å². The summed E-state index contributed by atoms with van der Waals surface area (Å²) in [4.78, 5) is 29.1. The molecular weight excluding hydrogens is 300 g/mol. The average Bonchev–Trinajstić information content (AvgIpc) is 2.96. The molecule has 0 fully saturated rings. The van der Waals surface area contributed by atoms with Crippen LogP contribution in [0, 0.1) is 6.92 Å². The lowest BCUT2D eigenvalue weighted by molar-refractivity contribution is 0.0660. The van der Waals surface area contributed by atoms with Gasteiger partial charge in [-0.15, -0.1) is 0 Å². The Morgan fingerprint density at radius 1 is 1.35 bits per heavy atom. The van der Waals surface area contributed by atoms with Crippen LogP contribution < -0.4 is 0 Å². The first-order valence-electron chi connectivity index (χ1n) is 7.04. The number of rotatable bonds is 7. The van der Waals surface area contributed by atoms with Crippen LogP contribution in [0.2, 0.25) is 0 Å². The number of carbonyl (C=O) groups is 2. The summed E-state index contributed by atoms with van der Waals surface area (Å²) in [5.74, 6) is -0.0859. The normalized spacial score (nSPS) is 10.5. The van der Waals surface area contributed by atoms with Crippen molar-refractivity contribution in [3.63, 3.8) is 0 Å². The van der Waals surface area contributed by atoms with Crippen LogP contribution in [0.15, 0.2) is 34.9 Å². The number of carbonyl (C=O) groups excluding carboxylic acids is 1. The number of carboxylic acids is 1. The highest BCUT2D eigenvalue weighted by atomic mass is 16.5. The van der Waals surface area contributed by atoms with Crippen LogP contribution in [0.5, 0.6) is 0 Å². The second-order valence-electron chi connectivity index (χ2n) is 4.97. The summed E-state index contributed by atoms with van der Waals surface area (Å²) in [5, 5.41) is 9.02. The average molecular weight is 318 g/mol. The molecule has 2 heterocycles. The van der Waals surface area contributed by atoms with Crippen molar-refractivity contribution in [1.82, 2.24) is 9.88 Å². The van der Waals surface area contributed by atoms with Crippen molar-refractivity contribution in [2.24, 2.45) is 0 Å². The fourth-order valence-corrected chi connectivity index (χ4v) is 2.05. The van der Waals surface area contributed by atoms with Crippen LogP contribution >= 0.6 is 0 Å². The lowest BCUT2D eigenvalue weighted by Crippen LogP contribution is -2.34. The van der Waals surface area contributed by atoms with Crippen LogP contribution in [-0.4, -0.2) is 47.1 Å². The van der Waals surface area contributed by atoms with Gasteiger partial charge in [0.05, 0.1) is 18.7 Å². The van der Waals surface area contributed by atoms with E-state index < -0.39 is 5.97 Å². The number of aromatic nitrogens is 1. The third kappa shape index (κ3) is 4.40. The molecule has 1 N–H and O–H groups in total. The number of ether oxygens (including phenoxy) is 1. The number of pyridine rings is 1. The van der Waals surface area contributed by atoms with E-state index in [1.807, 2.05) is 13.0 Å². The second-order valence-corrected chi connectivity index (χ2v) is 4.97. The molecule has 0 saturated heterocycles. The van der Waals surface area contributed by atoms with Gasteiger partial charge in [-0.2, -0.15) is 0 Å². The van der Waals surface area contributed by atoms with E-state index in [1.54, 1.807) is 13.2 Å². The Morgan fingerprint density at radius 2 is 2.13 bits per heavy atom. The SMILES string of the molecule is COCCN(Cc1ccc(C)o1)C(=O)c1cc(C(=O)O)ccn1. The Morgan fingerprint density at radius 3 is 2.74 bits per heavy atom. The first kappa shape index (κ1) is 16.7. The molecule has 0 aliphatic heterocycles. The summed E-state index contributed by atoms with van der Waals surface area (Å²) in [7, 11) is 1.54. The lowest BCUT2D eigenvalue weighted by atomic mass is 10.2. The van der Waals surface area contributed by atoms with Crippen molar-refractivity contribution >= 4 is 11.9 Å². The molecule has 0 bridgehead atoms. The third-order valence-corrected chi connectivity index (χ3v) is 3.22. The second kappa shape index (κ2) is 7.55. The van der Waals surface area contributed by atoms with Crippen molar-refractivity contribution in [2.45, 2.75) is 13.5 Å². The summed E-state index contributed by atoms with van der Waals surface area (Å²) >= 11 is 0. The fraction of sp³-hybridized carbons (Fsp3) is 0.312. The molecule has 0 aromatic carbocycles. The van der Waals surface area contributed by atoms with Gasteiger partial charge < -0.3 is 19.2 Å². The minimum atomic E-state index is -1.11. The molecule has 0 spiro atoms. The predicted molar refractivity (Wildman–Crippen MR) is 81.3 cm³/mol. The van der Waals surface area contributed by atoms with Gasteiger partial charge >= 0.3 is 5.97 Å². The predicted octanol–water partition coefficient (Wildman–Crippen LogP) is 1.97. The first-order valence-corrected chi connectivity index (χ1v) is 7.04. The Kier molecular flexibility index (Phi) is 5.48. The maximum Gasteiger partial charge on any atom is 0.335 e. The number of nitrogens with zero attached hydrogens (tertiary/aromatic N) is 2. The van der Waals surface area contributed by atoms with E-state index in [0.29, 0.717) is 18.9 Å². The van der Waals surface area contributed by atoms with Gasteiger partial charge in [-0.3, -0.25) is 9.78 Å². The van der Waals surface area contributed by atoms with Gasteiger partial charge in [-0.05, 0) is 31.2 Å². The lowest BCUT2D eigenvalue weighted by Gasteiger charge is -2.21. The van der Waals surface area contributed by atoms with Crippen LogP contribution in [0.1, 0.15) is 32.4 Å². The molecule has 7 nitrogen and oxygen atoms in total. The van der Waals surface area contributed by atoms with Crippen LogP contribution in [0.4, 0.5) is 0 Å². The number of hydrogen-bond acceptors (Lipinski definition) is 5. The monoisotopic (exact) mass is 318 g/mol. The maximum absolute atomic E-state index is 12.6. The molecule has 1 amide bonds. The van der Waals surface area contributed by atoms with E-state index in [9.17, 15) is 9.59 Å². The van der Waals surface area contributed by atoms with Crippen LogP contribution in [-0.2, 0) is 11.3 Å². The molecule has 7 heteroatoms. The summed E-state index contributed by atoms with van der Waals surface area (Å²) in [6.07, 6.45) is 1.31. The van der Waals surface area contributed by atoms with Crippen molar-refractivity contribution in [3.05, 3.63) is 53.2 Å². The highest BCUT2D eigenvalue weighted by molar-refractivity contribution is 5.95. The molecule has 2 aromatic heterocycles. The smallest absolute Gasteiger partial charge is 0.335 e. The van der Waals surface area contributed by atoms with E-state index in [2.05, 4.69) is 4.98 Å². The number of aromatic carboxylic acids is 1. The minimum Gasteiger partial charge on any atom is -0.478 e. The summed E-state index contributed by atoms with van der Waals surface area (Å²) in [5.41, 5.74) is 0.0909. The summed E-state index contributed by atoms with van der Waals surface area (Å²) in [6.45, 7) is 2.77. The summed E-state index contributed by atoms with van der Waals surface area (Å²) < 4.78 is 10.5. The van der Waals surface area contributed by atoms with E-state index in [4.69, 9.17) is 14.3 Å². The fourth-order valence-electron chi connectivity index (χ4n) is 2.05. The zero-order chi connectivity index (χ0) is 16.8. The van der Waals surface area contributed by atoms with Crippen molar-refractivity contribution in [2.75, 3.05) is 20.3 Å². The number of carboxylic acid groups (broad SMARTS) is 1. The molecule has 2 rings (SSSR count). The first-order chi connectivity index (χ1) is 11.0. The quantitative estimate of drug-likeness (QED) is 0.839. The van der Waals surface area contributed by atoms with E-state index in [1.165, 1.54) is 23.2 Å². The molecule has 23 heavy (non-hydrogen) atoms. The molecule has 0 unspecified atom stereocenters. The number of furan rings is 1. The largest absolute Gasteiger partial charge is 0.478 e. The van der Waals surface area contributed by atoms with Crippen molar-refractivity contribution < 1.29 is 23.8 Å². The zero-order valence-corrected chi connectivity index (χ0v) is 13.0. The van der Waals surface area contributed by atoms with Gasteiger partial charge in [0.2, 0.25) is 0 Å². The van der Waals surface area contributed by atoms with Gasteiger partial charge in [-0.1, -0.05) is 0 Å². The van der Waals surface area contributed by atoms with Gasteiger partial charge in [0, 0.05) is 19.9 Å². The van der Waals surface area contributed by atoms with Crippen molar-refractivity contribution in [1.29, 1.82) is 0 Å².